The summed E-state index contributed by atoms with van der Waals surface area (Å²) in [6.07, 6.45) is 1.88. The lowest BCUT2D eigenvalue weighted by Crippen LogP contribution is -2.33. The van der Waals surface area contributed by atoms with Crippen LogP contribution >= 0.6 is 0 Å². The van der Waals surface area contributed by atoms with Crippen LogP contribution in [0.25, 0.3) is 0 Å². The van der Waals surface area contributed by atoms with Gasteiger partial charge in [-0.05, 0) is 46.2 Å². The summed E-state index contributed by atoms with van der Waals surface area (Å²) >= 11 is 0. The molecule has 0 spiro atoms. The topological polar surface area (TPSA) is 56.7 Å². The first-order valence-corrected chi connectivity index (χ1v) is 12.3. The third kappa shape index (κ3) is 7.19. The van der Waals surface area contributed by atoms with Crippen molar-refractivity contribution in [1.29, 1.82) is 0 Å². The molecule has 0 saturated carbocycles. The van der Waals surface area contributed by atoms with Gasteiger partial charge in [0.2, 0.25) is 0 Å². The lowest BCUT2D eigenvalue weighted by Gasteiger charge is -2.21. The molecule has 184 valence electrons. The minimum absolute atomic E-state index is 0.194. The van der Waals surface area contributed by atoms with E-state index in [2.05, 4.69) is 85.7 Å². The fourth-order valence-corrected chi connectivity index (χ4v) is 4.01. The Balaban J connectivity index is 1.76. The number of nitrogens with zero attached hydrogens (tertiary/aromatic N) is 2. The van der Waals surface area contributed by atoms with Crippen molar-refractivity contribution in [2.24, 2.45) is 4.99 Å². The monoisotopic (exact) mass is 470 g/mol. The van der Waals surface area contributed by atoms with Gasteiger partial charge in [0, 0.05) is 38.2 Å². The summed E-state index contributed by atoms with van der Waals surface area (Å²) < 4.78 is 0. The normalized spacial score (nSPS) is 12.2. The van der Waals surface area contributed by atoms with Gasteiger partial charge in [-0.25, -0.2) is 4.79 Å². The number of rotatable bonds is 9. The molecule has 0 bridgehead atoms. The average Bonchev–Trinajstić information content (AvgIpc) is 2.84. The molecule has 0 aromatic heterocycles. The van der Waals surface area contributed by atoms with E-state index in [1.807, 2.05) is 50.6 Å². The lowest BCUT2D eigenvalue weighted by molar-refractivity contribution is 0.251. The zero-order valence-electron chi connectivity index (χ0n) is 21.7. The Morgan fingerprint density at radius 3 is 2.00 bits per heavy atom. The van der Waals surface area contributed by atoms with Crippen molar-refractivity contribution in [2.45, 2.75) is 45.6 Å². The van der Waals surface area contributed by atoms with E-state index in [-0.39, 0.29) is 12.1 Å². The highest BCUT2D eigenvalue weighted by Crippen LogP contribution is 2.32. The van der Waals surface area contributed by atoms with Gasteiger partial charge in [0.15, 0.2) is 0 Å². The van der Waals surface area contributed by atoms with Gasteiger partial charge < -0.3 is 15.5 Å². The molecule has 0 saturated heterocycles. The van der Waals surface area contributed by atoms with Crippen LogP contribution in [0, 0.1) is 0 Å². The van der Waals surface area contributed by atoms with Crippen molar-refractivity contribution in [3.8, 4) is 0 Å². The van der Waals surface area contributed by atoms with Gasteiger partial charge >= 0.3 is 6.03 Å². The van der Waals surface area contributed by atoms with Crippen molar-refractivity contribution in [1.82, 2.24) is 5.32 Å². The standard InChI is InChI=1S/C30H38N4O/c1-21(2)26-13-10-14-27(22(3)4)29(26)33-30(35)32-20-28(24-11-8-7-9-12-24)31-19-23-15-17-25(18-16-23)34(5)6/h7-19,21-22,28H,20H2,1-6H3,(H2,32,33,35)/t28-/m0/s1. The lowest BCUT2D eigenvalue weighted by atomic mass is 9.93. The fraction of sp³-hybridized carbons (Fsp3) is 0.333. The molecule has 5 heteroatoms. The van der Waals surface area contributed by atoms with E-state index in [9.17, 15) is 4.79 Å². The van der Waals surface area contributed by atoms with Crippen LogP contribution in [0.15, 0.2) is 77.8 Å². The van der Waals surface area contributed by atoms with E-state index in [1.54, 1.807) is 0 Å². The molecule has 5 nitrogen and oxygen atoms in total. The number of carbonyl (C=O) groups excluding carboxylic acids is 1. The number of urea groups is 1. The van der Waals surface area contributed by atoms with Gasteiger partial charge in [0.25, 0.3) is 0 Å². The van der Waals surface area contributed by atoms with Crippen LogP contribution in [0.4, 0.5) is 16.2 Å². The summed E-state index contributed by atoms with van der Waals surface area (Å²) in [5, 5.41) is 6.18. The maximum absolute atomic E-state index is 13.0. The summed E-state index contributed by atoms with van der Waals surface area (Å²) in [5.41, 5.74) is 6.42. The molecule has 2 N–H and O–H groups in total. The summed E-state index contributed by atoms with van der Waals surface area (Å²) in [5.74, 6) is 0.620. The van der Waals surface area contributed by atoms with Crippen molar-refractivity contribution in [3.63, 3.8) is 0 Å². The number of benzene rings is 3. The second-order valence-corrected chi connectivity index (χ2v) is 9.65. The molecule has 0 fully saturated rings. The molecular weight excluding hydrogens is 432 g/mol. The summed E-state index contributed by atoms with van der Waals surface area (Å²) in [7, 11) is 4.05. The molecule has 1 atom stereocenters. The van der Waals surface area contributed by atoms with Crippen LogP contribution < -0.4 is 15.5 Å². The Labute approximate surface area is 210 Å². The van der Waals surface area contributed by atoms with Crippen LogP contribution in [0.1, 0.15) is 67.8 Å². The van der Waals surface area contributed by atoms with E-state index in [4.69, 9.17) is 4.99 Å². The first kappa shape index (κ1) is 26.0. The second kappa shape index (κ2) is 12.2. The van der Waals surface area contributed by atoms with Crippen LogP contribution in [-0.2, 0) is 0 Å². The minimum Gasteiger partial charge on any atom is -0.378 e. The maximum atomic E-state index is 13.0. The van der Waals surface area contributed by atoms with Gasteiger partial charge in [0.1, 0.15) is 0 Å². The highest BCUT2D eigenvalue weighted by Gasteiger charge is 2.17. The van der Waals surface area contributed by atoms with Gasteiger partial charge in [-0.15, -0.1) is 0 Å². The van der Waals surface area contributed by atoms with Gasteiger partial charge in [-0.3, -0.25) is 4.99 Å². The molecule has 3 aromatic rings. The Bertz CT molecular complexity index is 1090. The molecule has 0 heterocycles. The number of amides is 2. The van der Waals surface area contributed by atoms with Crippen molar-refractivity contribution >= 4 is 23.6 Å². The number of anilines is 2. The van der Waals surface area contributed by atoms with Crippen LogP contribution in [0.2, 0.25) is 0 Å². The number of hydrogen-bond acceptors (Lipinski definition) is 3. The van der Waals surface area contributed by atoms with Crippen LogP contribution in [0.3, 0.4) is 0 Å². The number of carbonyl (C=O) groups is 1. The molecule has 35 heavy (non-hydrogen) atoms. The second-order valence-electron chi connectivity index (χ2n) is 9.65. The van der Waals surface area contributed by atoms with Crippen molar-refractivity contribution < 1.29 is 4.79 Å². The van der Waals surface area contributed by atoms with Crippen molar-refractivity contribution in [3.05, 3.63) is 95.1 Å². The van der Waals surface area contributed by atoms with E-state index in [1.165, 1.54) is 0 Å². The zero-order chi connectivity index (χ0) is 25.4. The van der Waals surface area contributed by atoms with Crippen LogP contribution in [-0.4, -0.2) is 32.9 Å². The molecule has 0 unspecified atom stereocenters. The molecule has 0 aliphatic heterocycles. The highest BCUT2D eigenvalue weighted by atomic mass is 16.2. The Hall–Kier alpha value is -3.60. The van der Waals surface area contributed by atoms with Gasteiger partial charge in [-0.2, -0.15) is 0 Å². The largest absolute Gasteiger partial charge is 0.378 e. The van der Waals surface area contributed by atoms with E-state index in [0.717, 1.165) is 33.6 Å². The fourth-order valence-electron chi connectivity index (χ4n) is 4.01. The average molecular weight is 471 g/mol. The van der Waals surface area contributed by atoms with Gasteiger partial charge in [-0.1, -0.05) is 88.4 Å². The number of hydrogen-bond donors (Lipinski definition) is 2. The quantitative estimate of drug-likeness (QED) is 0.331. The summed E-state index contributed by atoms with van der Waals surface area (Å²) in [6, 6.07) is 24.2. The maximum Gasteiger partial charge on any atom is 0.319 e. The molecular formula is C30H38N4O. The molecule has 0 aliphatic carbocycles. The first-order valence-electron chi connectivity index (χ1n) is 12.3. The summed E-state index contributed by atoms with van der Waals surface area (Å²) in [6.45, 7) is 8.98. The van der Waals surface area contributed by atoms with Crippen LogP contribution in [0.5, 0.6) is 0 Å². The van der Waals surface area contributed by atoms with E-state index in [0.29, 0.717) is 18.4 Å². The minimum atomic E-state index is -0.216. The Morgan fingerprint density at radius 1 is 0.857 bits per heavy atom. The molecule has 3 aromatic carbocycles. The third-order valence-electron chi connectivity index (χ3n) is 6.06. The number of para-hydroxylation sites is 1. The molecule has 2 amide bonds. The Kier molecular flexibility index (Phi) is 9.07. The van der Waals surface area contributed by atoms with E-state index >= 15 is 0 Å². The SMILES string of the molecule is CC(C)c1cccc(C(C)C)c1NC(=O)NC[C@H](N=Cc1ccc(N(C)C)cc1)c1ccccc1. The Morgan fingerprint density at radius 2 is 1.46 bits per heavy atom. The third-order valence-corrected chi connectivity index (χ3v) is 6.06. The summed E-state index contributed by atoms with van der Waals surface area (Å²) in [4.78, 5) is 19.9. The number of aliphatic imine (C=N–C) groups is 1. The smallest absolute Gasteiger partial charge is 0.319 e. The predicted octanol–water partition coefficient (Wildman–Crippen LogP) is 6.98. The molecule has 0 aliphatic rings. The number of nitrogens with one attached hydrogen (secondary N) is 2. The molecule has 0 radical (unpaired) electrons. The van der Waals surface area contributed by atoms with Gasteiger partial charge in [0.05, 0.1) is 6.04 Å². The van der Waals surface area contributed by atoms with Crippen molar-refractivity contribution in [2.75, 3.05) is 30.9 Å². The molecule has 3 rings (SSSR count). The zero-order valence-corrected chi connectivity index (χ0v) is 21.7. The predicted molar refractivity (Wildman–Crippen MR) is 149 cm³/mol. The first-order chi connectivity index (χ1) is 16.8. The highest BCUT2D eigenvalue weighted by molar-refractivity contribution is 5.91. The van der Waals surface area contributed by atoms with E-state index < -0.39 is 0 Å².